The van der Waals surface area contributed by atoms with Crippen molar-refractivity contribution in [1.82, 2.24) is 14.5 Å². The maximum atomic E-state index is 13.8. The summed E-state index contributed by atoms with van der Waals surface area (Å²) in [5.74, 6) is -0.0942. The third kappa shape index (κ3) is 4.59. The minimum atomic E-state index is -4.14. The van der Waals surface area contributed by atoms with E-state index in [4.69, 9.17) is 4.74 Å². The van der Waals surface area contributed by atoms with Gasteiger partial charge in [-0.1, -0.05) is 12.1 Å². The summed E-state index contributed by atoms with van der Waals surface area (Å²) in [5, 5.41) is 3.01. The number of rotatable bonds is 8. The molecule has 0 aliphatic heterocycles. The topological polar surface area (TPSA) is 106 Å². The molecule has 170 valence electrons. The molecule has 0 aliphatic carbocycles. The van der Waals surface area contributed by atoms with E-state index in [2.05, 4.69) is 15.3 Å². The van der Waals surface area contributed by atoms with E-state index in [1.54, 1.807) is 63.1 Å². The molecule has 0 saturated heterocycles. The first kappa shape index (κ1) is 23.3. The van der Waals surface area contributed by atoms with Gasteiger partial charge in [0.2, 0.25) is 0 Å². The average Bonchev–Trinajstić information content (AvgIpc) is 3.18. The van der Waals surface area contributed by atoms with Crippen LogP contribution in [0.25, 0.3) is 5.82 Å². The number of ether oxygens (including phenoxy) is 1. The van der Waals surface area contributed by atoms with Gasteiger partial charge in [0.1, 0.15) is 23.6 Å². The van der Waals surface area contributed by atoms with E-state index >= 15 is 0 Å². The highest BCUT2D eigenvalue weighted by molar-refractivity contribution is 7.93. The van der Waals surface area contributed by atoms with E-state index in [-0.39, 0.29) is 11.5 Å². The number of sulfonamides is 1. The van der Waals surface area contributed by atoms with Crippen LogP contribution in [0.3, 0.4) is 0 Å². The van der Waals surface area contributed by atoms with E-state index in [9.17, 15) is 13.2 Å². The second kappa shape index (κ2) is 9.39. The van der Waals surface area contributed by atoms with Crippen LogP contribution in [0.15, 0.2) is 47.9 Å². The normalized spacial score (nSPS) is 11.3. The summed E-state index contributed by atoms with van der Waals surface area (Å²) in [6.07, 6.45) is 4.73. The van der Waals surface area contributed by atoms with E-state index in [1.165, 1.54) is 6.20 Å². The Morgan fingerprint density at radius 1 is 1.19 bits per heavy atom. The van der Waals surface area contributed by atoms with Crippen molar-refractivity contribution < 1.29 is 17.9 Å². The van der Waals surface area contributed by atoms with Crippen molar-refractivity contribution in [1.29, 1.82) is 0 Å². The van der Waals surface area contributed by atoms with Gasteiger partial charge in [-0.3, -0.25) is 13.7 Å². The van der Waals surface area contributed by atoms with Crippen LogP contribution in [0, 0.1) is 20.8 Å². The molecule has 2 heterocycles. The molecule has 2 aromatic heterocycles. The van der Waals surface area contributed by atoms with Crippen LogP contribution >= 0.6 is 0 Å². The van der Waals surface area contributed by atoms with Crippen LogP contribution in [0.2, 0.25) is 0 Å². The Bertz CT molecular complexity index is 1240. The van der Waals surface area contributed by atoms with Crippen molar-refractivity contribution in [3.05, 3.63) is 59.8 Å². The minimum absolute atomic E-state index is 0.00712. The van der Waals surface area contributed by atoms with Crippen LogP contribution in [-0.4, -0.2) is 49.1 Å². The number of imidazole rings is 1. The highest BCUT2D eigenvalue weighted by Crippen LogP contribution is 2.34. The van der Waals surface area contributed by atoms with Gasteiger partial charge < -0.3 is 10.1 Å². The van der Waals surface area contributed by atoms with Crippen LogP contribution in [-0.2, 0) is 19.6 Å². The van der Waals surface area contributed by atoms with Crippen LogP contribution in [0.1, 0.15) is 23.7 Å². The fourth-order valence-electron chi connectivity index (χ4n) is 3.40. The number of carbonyl (C=O) groups is 1. The Morgan fingerprint density at radius 2 is 1.94 bits per heavy atom. The SMILES string of the molecule is CCOC(=O)CN(c1c(C)cccc1NC)S(=O)(=O)c1cnc(-n2cnc(C)c2)cc1C. The van der Waals surface area contributed by atoms with Crippen molar-refractivity contribution in [3.63, 3.8) is 0 Å². The number of carbonyl (C=O) groups excluding carboxylic acids is 1. The molecule has 0 saturated carbocycles. The van der Waals surface area contributed by atoms with Gasteiger partial charge in [-0.05, 0) is 51.0 Å². The molecule has 0 bridgehead atoms. The maximum absolute atomic E-state index is 13.8. The summed E-state index contributed by atoms with van der Waals surface area (Å²) in [4.78, 5) is 20.9. The zero-order valence-corrected chi connectivity index (χ0v) is 19.6. The number of esters is 1. The third-order valence-electron chi connectivity index (χ3n) is 4.93. The number of nitrogens with one attached hydrogen (secondary N) is 1. The van der Waals surface area contributed by atoms with Gasteiger partial charge in [0, 0.05) is 13.2 Å². The number of hydrogen-bond donors (Lipinski definition) is 1. The number of nitrogens with zero attached hydrogens (tertiary/aromatic N) is 4. The first-order valence-electron chi connectivity index (χ1n) is 10.1. The fraction of sp³-hybridized carbons (Fsp3) is 0.318. The zero-order chi connectivity index (χ0) is 23.5. The van der Waals surface area contributed by atoms with Gasteiger partial charge in [-0.25, -0.2) is 18.4 Å². The first-order valence-corrected chi connectivity index (χ1v) is 11.6. The summed E-state index contributed by atoms with van der Waals surface area (Å²) >= 11 is 0. The Balaban J connectivity index is 2.13. The largest absolute Gasteiger partial charge is 0.465 e. The standard InChI is InChI=1S/C22H27N5O4S/c1-6-31-21(28)13-27(22-15(2)8-7-9-18(22)23-5)32(29,30)19-11-24-20(10-16(19)3)26-12-17(4)25-14-26/h7-12,14,23H,6,13H2,1-5H3. The summed E-state index contributed by atoms with van der Waals surface area (Å²) < 4.78 is 35.4. The van der Waals surface area contributed by atoms with Gasteiger partial charge in [0.15, 0.2) is 0 Å². The second-order valence-electron chi connectivity index (χ2n) is 7.27. The number of hydrogen-bond acceptors (Lipinski definition) is 7. The summed E-state index contributed by atoms with van der Waals surface area (Å²) in [6.45, 7) is 6.71. The molecule has 1 N–H and O–H groups in total. The minimum Gasteiger partial charge on any atom is -0.465 e. The number of aryl methyl sites for hydroxylation is 3. The molecule has 0 atom stereocenters. The van der Waals surface area contributed by atoms with Crippen LogP contribution in [0.5, 0.6) is 0 Å². The molecule has 9 nitrogen and oxygen atoms in total. The van der Waals surface area contributed by atoms with E-state index in [1.807, 2.05) is 13.0 Å². The molecule has 0 fully saturated rings. The molecule has 0 spiro atoms. The summed E-state index contributed by atoms with van der Waals surface area (Å²) in [7, 11) is -2.45. The third-order valence-corrected chi connectivity index (χ3v) is 6.80. The molecular formula is C22H27N5O4S. The van der Waals surface area contributed by atoms with Crippen molar-refractivity contribution in [2.24, 2.45) is 0 Å². The van der Waals surface area contributed by atoms with Crippen LogP contribution in [0.4, 0.5) is 11.4 Å². The molecule has 0 unspecified atom stereocenters. The lowest BCUT2D eigenvalue weighted by molar-refractivity contribution is -0.141. The Morgan fingerprint density at radius 3 is 2.53 bits per heavy atom. The molecule has 10 heteroatoms. The Hall–Kier alpha value is -3.40. The van der Waals surface area contributed by atoms with Crippen molar-refractivity contribution in [3.8, 4) is 5.82 Å². The van der Waals surface area contributed by atoms with E-state index in [0.717, 1.165) is 10.00 Å². The van der Waals surface area contributed by atoms with Crippen LogP contribution < -0.4 is 9.62 Å². The van der Waals surface area contributed by atoms with Gasteiger partial charge in [0.25, 0.3) is 10.0 Å². The molecule has 32 heavy (non-hydrogen) atoms. The number of pyridine rings is 1. The van der Waals surface area contributed by atoms with E-state index < -0.39 is 22.5 Å². The molecule has 3 rings (SSSR count). The quantitative estimate of drug-likeness (QED) is 0.518. The summed E-state index contributed by atoms with van der Waals surface area (Å²) in [5.41, 5.74) is 2.97. The number of para-hydroxylation sites is 1. The highest BCUT2D eigenvalue weighted by Gasteiger charge is 2.32. The van der Waals surface area contributed by atoms with Crippen molar-refractivity contribution >= 4 is 27.4 Å². The molecule has 3 aromatic rings. The molecule has 0 amide bonds. The van der Waals surface area contributed by atoms with Gasteiger partial charge in [-0.15, -0.1) is 0 Å². The lowest BCUT2D eigenvalue weighted by atomic mass is 10.1. The maximum Gasteiger partial charge on any atom is 0.326 e. The molecular weight excluding hydrogens is 430 g/mol. The molecule has 0 aliphatic rings. The number of benzene rings is 1. The molecule has 0 radical (unpaired) electrons. The van der Waals surface area contributed by atoms with Crippen molar-refractivity contribution in [2.45, 2.75) is 32.6 Å². The van der Waals surface area contributed by atoms with Gasteiger partial charge in [0.05, 0.1) is 29.9 Å². The number of anilines is 2. The van der Waals surface area contributed by atoms with E-state index in [0.29, 0.717) is 28.3 Å². The first-order chi connectivity index (χ1) is 15.2. The Labute approximate surface area is 188 Å². The number of aromatic nitrogens is 3. The summed E-state index contributed by atoms with van der Waals surface area (Å²) in [6, 6.07) is 7.03. The fourth-order valence-corrected chi connectivity index (χ4v) is 5.05. The predicted molar refractivity (Wildman–Crippen MR) is 123 cm³/mol. The zero-order valence-electron chi connectivity index (χ0n) is 18.8. The van der Waals surface area contributed by atoms with Crippen molar-refractivity contribution in [2.75, 3.05) is 29.8 Å². The average molecular weight is 458 g/mol. The predicted octanol–water partition coefficient (Wildman–Crippen LogP) is 2.99. The molecule has 1 aromatic carbocycles. The lowest BCUT2D eigenvalue weighted by Crippen LogP contribution is -2.38. The smallest absolute Gasteiger partial charge is 0.326 e. The highest BCUT2D eigenvalue weighted by atomic mass is 32.2. The van der Waals surface area contributed by atoms with Gasteiger partial charge >= 0.3 is 5.97 Å². The lowest BCUT2D eigenvalue weighted by Gasteiger charge is -2.27. The second-order valence-corrected chi connectivity index (χ2v) is 9.10. The van der Waals surface area contributed by atoms with Gasteiger partial charge in [-0.2, -0.15) is 0 Å². The Kier molecular flexibility index (Phi) is 6.83. The monoisotopic (exact) mass is 457 g/mol.